The lowest BCUT2D eigenvalue weighted by Crippen LogP contribution is -2.41. The summed E-state index contributed by atoms with van der Waals surface area (Å²) in [6, 6.07) is 10.7. The van der Waals surface area contributed by atoms with E-state index in [1.54, 1.807) is 36.7 Å². The van der Waals surface area contributed by atoms with Crippen LogP contribution in [0.15, 0.2) is 48.8 Å². The van der Waals surface area contributed by atoms with Gasteiger partial charge in [-0.1, -0.05) is 0 Å². The molecule has 4 rings (SSSR count). The first-order valence-corrected chi connectivity index (χ1v) is 9.61. The Morgan fingerprint density at radius 2 is 1.79 bits per heavy atom. The molecule has 2 amide bonds. The van der Waals surface area contributed by atoms with Crippen LogP contribution in [-0.2, 0) is 4.84 Å². The molecule has 146 valence electrons. The third-order valence-electron chi connectivity index (χ3n) is 5.02. The molecule has 7 heteroatoms. The van der Waals surface area contributed by atoms with E-state index in [9.17, 15) is 9.59 Å². The molecule has 7 nitrogen and oxygen atoms in total. The number of piperidine rings is 1. The molecule has 0 spiro atoms. The summed E-state index contributed by atoms with van der Waals surface area (Å²) in [4.78, 5) is 35.9. The first-order valence-electron chi connectivity index (χ1n) is 9.61. The maximum absolute atomic E-state index is 12.5. The highest BCUT2D eigenvalue weighted by Crippen LogP contribution is 2.21. The van der Waals surface area contributed by atoms with Crippen molar-refractivity contribution < 1.29 is 19.2 Å². The zero-order valence-corrected chi connectivity index (χ0v) is 15.6. The molecule has 2 aliphatic rings. The van der Waals surface area contributed by atoms with Gasteiger partial charge in [0.15, 0.2) is 0 Å². The smallest absolute Gasteiger partial charge is 0.277 e. The Kier molecular flexibility index (Phi) is 5.53. The first-order chi connectivity index (χ1) is 13.7. The molecule has 2 aliphatic heterocycles. The number of hydrogen-bond acceptors (Lipinski definition) is 5. The molecular weight excluding hydrogens is 358 g/mol. The van der Waals surface area contributed by atoms with Gasteiger partial charge in [-0.05, 0) is 42.8 Å². The Bertz CT molecular complexity index is 811. The van der Waals surface area contributed by atoms with E-state index < -0.39 is 0 Å². The van der Waals surface area contributed by atoms with Gasteiger partial charge in [0, 0.05) is 43.9 Å². The summed E-state index contributed by atoms with van der Waals surface area (Å²) in [5, 5.41) is 1.41. The number of aromatic nitrogens is 1. The van der Waals surface area contributed by atoms with Crippen LogP contribution in [0, 0.1) is 0 Å². The van der Waals surface area contributed by atoms with Crippen molar-refractivity contribution in [1.29, 1.82) is 0 Å². The summed E-state index contributed by atoms with van der Waals surface area (Å²) < 4.78 is 6.04. The number of nitrogens with zero attached hydrogens (tertiary/aromatic N) is 3. The van der Waals surface area contributed by atoms with Gasteiger partial charge in [-0.15, -0.1) is 0 Å². The number of likely N-dealkylation sites (tertiary alicyclic amines) is 1. The van der Waals surface area contributed by atoms with Crippen LogP contribution < -0.4 is 4.74 Å². The summed E-state index contributed by atoms with van der Waals surface area (Å²) in [6.07, 6.45) is 5.73. The minimum absolute atomic E-state index is 0.0125. The summed E-state index contributed by atoms with van der Waals surface area (Å²) in [5.41, 5.74) is 1.20. The standard InChI is InChI=1S/C21H23N3O4/c25-20(17-3-1-10-22-15-17)23-12-8-19(9-13-23)28-18-6-4-16(5-7-18)21(26)24-11-2-14-27-24/h1,3-7,10,15,19H,2,8-9,11-14H2. The lowest BCUT2D eigenvalue weighted by molar-refractivity contribution is -0.0768. The van der Waals surface area contributed by atoms with Crippen molar-refractivity contribution in [2.45, 2.75) is 25.4 Å². The maximum atomic E-state index is 12.5. The molecule has 2 saturated heterocycles. The number of benzene rings is 1. The predicted octanol–water partition coefficient (Wildman–Crippen LogP) is 2.54. The molecule has 0 radical (unpaired) electrons. The van der Waals surface area contributed by atoms with Crippen molar-refractivity contribution in [2.24, 2.45) is 0 Å². The van der Waals surface area contributed by atoms with Crippen LogP contribution in [-0.4, -0.2) is 59.1 Å². The number of pyridine rings is 1. The molecule has 28 heavy (non-hydrogen) atoms. The molecule has 0 N–H and O–H groups in total. The molecule has 2 fully saturated rings. The quantitative estimate of drug-likeness (QED) is 0.814. The van der Waals surface area contributed by atoms with Crippen LogP contribution in [0.1, 0.15) is 40.0 Å². The predicted molar refractivity (Wildman–Crippen MR) is 102 cm³/mol. The molecule has 0 atom stereocenters. The number of hydroxylamine groups is 2. The Labute approximate surface area is 163 Å². The van der Waals surface area contributed by atoms with Gasteiger partial charge in [-0.25, -0.2) is 5.06 Å². The first kappa shape index (κ1) is 18.4. The van der Waals surface area contributed by atoms with Crippen molar-refractivity contribution in [3.63, 3.8) is 0 Å². The van der Waals surface area contributed by atoms with Crippen LogP contribution in [0.3, 0.4) is 0 Å². The van der Waals surface area contributed by atoms with Gasteiger partial charge < -0.3 is 9.64 Å². The van der Waals surface area contributed by atoms with E-state index in [0.29, 0.717) is 37.4 Å². The topological polar surface area (TPSA) is 72.0 Å². The second kappa shape index (κ2) is 8.39. The molecule has 1 aromatic carbocycles. The SMILES string of the molecule is O=C(c1cccnc1)N1CCC(Oc2ccc(C(=O)N3CCCO3)cc2)CC1. The lowest BCUT2D eigenvalue weighted by atomic mass is 10.1. The van der Waals surface area contributed by atoms with Gasteiger partial charge in [-0.3, -0.25) is 19.4 Å². The number of ether oxygens (including phenoxy) is 1. The zero-order chi connectivity index (χ0) is 19.3. The fourth-order valence-corrected chi connectivity index (χ4v) is 3.47. The number of carbonyl (C=O) groups is 2. The van der Waals surface area contributed by atoms with Gasteiger partial charge in [-0.2, -0.15) is 0 Å². The Balaban J connectivity index is 1.29. The highest BCUT2D eigenvalue weighted by molar-refractivity contribution is 5.94. The normalized spacial score (nSPS) is 17.6. The van der Waals surface area contributed by atoms with Crippen LogP contribution in [0.2, 0.25) is 0 Å². The van der Waals surface area contributed by atoms with Crippen molar-refractivity contribution in [2.75, 3.05) is 26.2 Å². The highest BCUT2D eigenvalue weighted by Gasteiger charge is 2.25. The van der Waals surface area contributed by atoms with Crippen molar-refractivity contribution in [3.8, 4) is 5.75 Å². The fraction of sp³-hybridized carbons (Fsp3) is 0.381. The highest BCUT2D eigenvalue weighted by atomic mass is 16.7. The number of carbonyl (C=O) groups excluding carboxylic acids is 2. The fourth-order valence-electron chi connectivity index (χ4n) is 3.47. The van der Waals surface area contributed by atoms with Gasteiger partial charge in [0.25, 0.3) is 11.8 Å². The second-order valence-corrected chi connectivity index (χ2v) is 6.97. The van der Waals surface area contributed by atoms with Gasteiger partial charge in [0.05, 0.1) is 18.7 Å². The molecule has 0 unspecified atom stereocenters. The minimum atomic E-state index is -0.119. The van der Waals surface area contributed by atoms with Crippen molar-refractivity contribution >= 4 is 11.8 Å². The third-order valence-corrected chi connectivity index (χ3v) is 5.02. The largest absolute Gasteiger partial charge is 0.490 e. The molecule has 0 saturated carbocycles. The van der Waals surface area contributed by atoms with Crippen LogP contribution in [0.25, 0.3) is 0 Å². The second-order valence-electron chi connectivity index (χ2n) is 6.97. The zero-order valence-electron chi connectivity index (χ0n) is 15.6. The monoisotopic (exact) mass is 381 g/mol. The van der Waals surface area contributed by atoms with E-state index in [4.69, 9.17) is 9.57 Å². The Morgan fingerprint density at radius 1 is 1.00 bits per heavy atom. The van der Waals surface area contributed by atoms with Crippen LogP contribution in [0.5, 0.6) is 5.75 Å². The molecular formula is C21H23N3O4. The van der Waals surface area contributed by atoms with Crippen LogP contribution in [0.4, 0.5) is 0 Å². The van der Waals surface area contributed by atoms with E-state index in [2.05, 4.69) is 4.98 Å². The molecule has 0 bridgehead atoms. The van der Waals surface area contributed by atoms with E-state index in [1.807, 2.05) is 17.0 Å². The molecule has 3 heterocycles. The lowest BCUT2D eigenvalue weighted by Gasteiger charge is -2.32. The van der Waals surface area contributed by atoms with Gasteiger partial charge >= 0.3 is 0 Å². The summed E-state index contributed by atoms with van der Waals surface area (Å²) in [6.45, 7) is 2.53. The third kappa shape index (κ3) is 4.14. The van der Waals surface area contributed by atoms with E-state index >= 15 is 0 Å². The summed E-state index contributed by atoms with van der Waals surface area (Å²) >= 11 is 0. The van der Waals surface area contributed by atoms with Crippen LogP contribution >= 0.6 is 0 Å². The Hall–Kier alpha value is -2.93. The summed E-state index contributed by atoms with van der Waals surface area (Å²) in [7, 11) is 0. The Morgan fingerprint density at radius 3 is 2.43 bits per heavy atom. The van der Waals surface area contributed by atoms with Crippen molar-refractivity contribution in [3.05, 3.63) is 59.9 Å². The average Bonchev–Trinajstić information content (AvgIpc) is 3.29. The minimum Gasteiger partial charge on any atom is -0.490 e. The molecule has 2 aromatic rings. The summed E-state index contributed by atoms with van der Waals surface area (Å²) in [5.74, 6) is 0.626. The number of rotatable bonds is 4. The molecule has 0 aliphatic carbocycles. The number of amides is 2. The van der Waals surface area contributed by atoms with Gasteiger partial charge in [0.2, 0.25) is 0 Å². The van der Waals surface area contributed by atoms with E-state index in [0.717, 1.165) is 25.0 Å². The average molecular weight is 381 g/mol. The van der Waals surface area contributed by atoms with Crippen molar-refractivity contribution in [1.82, 2.24) is 14.9 Å². The van der Waals surface area contributed by atoms with E-state index in [1.165, 1.54) is 5.06 Å². The van der Waals surface area contributed by atoms with E-state index in [-0.39, 0.29) is 17.9 Å². The maximum Gasteiger partial charge on any atom is 0.277 e. The van der Waals surface area contributed by atoms with Gasteiger partial charge in [0.1, 0.15) is 11.9 Å². The molecule has 1 aromatic heterocycles. The number of hydrogen-bond donors (Lipinski definition) is 0.